The smallest absolute Gasteiger partial charge is 0.418 e. The van der Waals surface area contributed by atoms with Crippen LogP contribution in [0.5, 0.6) is 0 Å². The number of aromatic nitrogens is 3. The molecule has 5 rings (SSSR count). The number of hydrogen-bond acceptors (Lipinski definition) is 9. The van der Waals surface area contributed by atoms with Gasteiger partial charge in [-0.25, -0.2) is 24.2 Å². The molecule has 0 radical (unpaired) electrons. The first-order valence-corrected chi connectivity index (χ1v) is 17.8. The van der Waals surface area contributed by atoms with E-state index in [-0.39, 0.29) is 18.6 Å². The molecule has 2 N–H and O–H groups in total. The van der Waals surface area contributed by atoms with Gasteiger partial charge in [0.2, 0.25) is 0 Å². The summed E-state index contributed by atoms with van der Waals surface area (Å²) in [7, 11) is 3.33. The van der Waals surface area contributed by atoms with E-state index in [9.17, 15) is 22.8 Å². The van der Waals surface area contributed by atoms with Crippen LogP contribution in [0, 0.1) is 0 Å². The van der Waals surface area contributed by atoms with Gasteiger partial charge in [-0.2, -0.15) is 13.2 Å². The summed E-state index contributed by atoms with van der Waals surface area (Å²) in [6.07, 6.45) is -3.76. The Hall–Kier alpha value is -5.21. The summed E-state index contributed by atoms with van der Waals surface area (Å²) in [5, 5.41) is 4.34. The molecule has 11 nitrogen and oxygen atoms in total. The number of esters is 1. The molecule has 0 aliphatic heterocycles. The Morgan fingerprint density at radius 2 is 1.63 bits per heavy atom. The number of carbonyl (C=O) groups is 2. The molecule has 0 aliphatic rings. The fraction of sp³-hybridized carbons (Fsp3) is 0.400. The highest BCUT2D eigenvalue weighted by Crippen LogP contribution is 2.37. The van der Waals surface area contributed by atoms with Gasteiger partial charge in [0.05, 0.1) is 24.8 Å². The number of alkyl halides is 3. The number of rotatable bonds is 16. The quantitative estimate of drug-likeness (QED) is 0.0779. The van der Waals surface area contributed by atoms with Crippen molar-refractivity contribution in [2.45, 2.75) is 64.5 Å². The molecule has 1 amide bonds. The number of ether oxygens (including phenoxy) is 3. The molecular weight excluding hydrogens is 701 g/mol. The van der Waals surface area contributed by atoms with Crippen LogP contribution in [0.1, 0.15) is 72.6 Å². The standard InChI is InChI=1S/C40H47F3N6O5/c1-39(2,3)54-38(51)44-18-10-20-48(4)21-11-19-46-49-33-24-30(37(50)52-5)16-17-31(33)32-25-45-34(47-36(32)49)23-28-14-9-15-29(22-28)35(40(41,42)43)53-26-27-12-7-6-8-13-27/h6-9,12-17,22,24-25,35,46H,10-11,18-21,23,26H2,1-5H3,(H,44,51). The Bertz CT molecular complexity index is 2030. The number of halogens is 3. The predicted molar refractivity (Wildman–Crippen MR) is 201 cm³/mol. The zero-order chi connectivity index (χ0) is 38.9. The summed E-state index contributed by atoms with van der Waals surface area (Å²) in [4.78, 5) is 36.0. The van der Waals surface area contributed by atoms with Crippen molar-refractivity contribution < 1.29 is 37.0 Å². The minimum absolute atomic E-state index is 0.00704. The van der Waals surface area contributed by atoms with Crippen molar-refractivity contribution in [3.8, 4) is 0 Å². The van der Waals surface area contributed by atoms with Gasteiger partial charge in [0.15, 0.2) is 11.8 Å². The number of nitrogens with zero attached hydrogens (tertiary/aromatic N) is 4. The van der Waals surface area contributed by atoms with Crippen LogP contribution in [0.25, 0.3) is 21.9 Å². The monoisotopic (exact) mass is 748 g/mol. The van der Waals surface area contributed by atoms with Crippen LogP contribution in [-0.4, -0.2) is 83.7 Å². The summed E-state index contributed by atoms with van der Waals surface area (Å²) in [5.41, 5.74) is 5.76. The minimum Gasteiger partial charge on any atom is -0.465 e. The topological polar surface area (TPSA) is 120 Å². The molecule has 0 saturated heterocycles. The highest BCUT2D eigenvalue weighted by Gasteiger charge is 2.42. The van der Waals surface area contributed by atoms with Crippen molar-refractivity contribution in [2.75, 3.05) is 45.8 Å². The van der Waals surface area contributed by atoms with Crippen LogP contribution in [-0.2, 0) is 27.2 Å². The zero-order valence-corrected chi connectivity index (χ0v) is 31.2. The first-order chi connectivity index (χ1) is 25.7. The highest BCUT2D eigenvalue weighted by atomic mass is 19.4. The van der Waals surface area contributed by atoms with Crippen LogP contribution >= 0.6 is 0 Å². The van der Waals surface area contributed by atoms with E-state index in [1.807, 2.05) is 38.6 Å². The molecule has 0 saturated carbocycles. The molecule has 0 fully saturated rings. The van der Waals surface area contributed by atoms with Crippen molar-refractivity contribution >= 4 is 34.0 Å². The molecule has 5 aromatic rings. The number of carbonyl (C=O) groups excluding carboxylic acids is 2. The third-order valence-electron chi connectivity index (χ3n) is 8.52. The lowest BCUT2D eigenvalue weighted by Gasteiger charge is -2.22. The van der Waals surface area contributed by atoms with Gasteiger partial charge < -0.3 is 29.9 Å². The van der Waals surface area contributed by atoms with E-state index in [1.54, 1.807) is 60.8 Å². The molecule has 0 spiro atoms. The third-order valence-corrected chi connectivity index (χ3v) is 8.52. The second-order valence-electron chi connectivity index (χ2n) is 14.1. The number of methoxy groups -OCH3 is 1. The van der Waals surface area contributed by atoms with Crippen molar-refractivity contribution in [3.05, 3.63) is 107 Å². The maximum Gasteiger partial charge on any atom is 0.418 e. The second kappa shape index (κ2) is 17.7. The summed E-state index contributed by atoms with van der Waals surface area (Å²) >= 11 is 0. The molecule has 0 aliphatic carbocycles. The average Bonchev–Trinajstić information content (AvgIpc) is 3.42. The SMILES string of the molecule is COC(=O)c1ccc2c3cnc(Cc4cccc(C(OCc5ccccc5)C(F)(F)F)c4)nc3n(NCCCN(C)CCCNC(=O)OC(C)(C)C)c2c1. The van der Waals surface area contributed by atoms with E-state index in [0.717, 1.165) is 36.7 Å². The highest BCUT2D eigenvalue weighted by molar-refractivity contribution is 6.08. The number of nitrogens with one attached hydrogen (secondary N) is 2. The minimum atomic E-state index is -4.62. The van der Waals surface area contributed by atoms with Crippen molar-refractivity contribution in [1.29, 1.82) is 0 Å². The lowest BCUT2D eigenvalue weighted by atomic mass is 10.0. The number of amides is 1. The largest absolute Gasteiger partial charge is 0.465 e. The second-order valence-corrected chi connectivity index (χ2v) is 14.1. The molecule has 288 valence electrons. The lowest BCUT2D eigenvalue weighted by Crippen LogP contribution is -2.34. The van der Waals surface area contributed by atoms with Gasteiger partial charge in [0.25, 0.3) is 0 Å². The van der Waals surface area contributed by atoms with E-state index in [1.165, 1.54) is 19.2 Å². The van der Waals surface area contributed by atoms with E-state index in [4.69, 9.17) is 19.2 Å². The first-order valence-electron chi connectivity index (χ1n) is 17.8. The maximum atomic E-state index is 14.2. The number of hydrogen-bond donors (Lipinski definition) is 2. The zero-order valence-electron chi connectivity index (χ0n) is 31.2. The molecule has 14 heteroatoms. The Morgan fingerprint density at radius 1 is 0.907 bits per heavy atom. The fourth-order valence-corrected chi connectivity index (χ4v) is 6.00. The van der Waals surface area contributed by atoms with Crippen LogP contribution in [0.15, 0.2) is 79.0 Å². The van der Waals surface area contributed by atoms with Gasteiger partial charge in [0.1, 0.15) is 11.4 Å². The van der Waals surface area contributed by atoms with Gasteiger partial charge in [-0.15, -0.1) is 0 Å². The van der Waals surface area contributed by atoms with Gasteiger partial charge in [0, 0.05) is 36.5 Å². The van der Waals surface area contributed by atoms with Crippen LogP contribution in [0.3, 0.4) is 0 Å². The van der Waals surface area contributed by atoms with Crippen molar-refractivity contribution in [2.24, 2.45) is 0 Å². The van der Waals surface area contributed by atoms with Crippen LogP contribution < -0.4 is 10.7 Å². The molecule has 1 unspecified atom stereocenters. The van der Waals surface area contributed by atoms with E-state index in [0.29, 0.717) is 46.8 Å². The molecule has 2 heterocycles. The normalized spacial score (nSPS) is 12.6. The molecule has 0 bridgehead atoms. The predicted octanol–water partition coefficient (Wildman–Crippen LogP) is 7.56. The van der Waals surface area contributed by atoms with Crippen LogP contribution in [0.2, 0.25) is 0 Å². The van der Waals surface area contributed by atoms with Gasteiger partial charge in [-0.3, -0.25) is 0 Å². The molecule has 3 aromatic carbocycles. The molecule has 54 heavy (non-hydrogen) atoms. The number of benzene rings is 3. The number of fused-ring (bicyclic) bond motifs is 3. The maximum absolute atomic E-state index is 14.2. The Kier molecular flexibility index (Phi) is 13.1. The average molecular weight is 749 g/mol. The fourth-order valence-electron chi connectivity index (χ4n) is 6.00. The summed E-state index contributed by atoms with van der Waals surface area (Å²) in [5.74, 6) is -0.0692. The van der Waals surface area contributed by atoms with Gasteiger partial charge in [-0.1, -0.05) is 60.7 Å². The summed E-state index contributed by atoms with van der Waals surface area (Å²) in [6.45, 7) is 7.88. The summed E-state index contributed by atoms with van der Waals surface area (Å²) < 4.78 is 60.0. The van der Waals surface area contributed by atoms with Crippen LogP contribution in [0.4, 0.5) is 18.0 Å². The Labute approximate surface area is 312 Å². The summed E-state index contributed by atoms with van der Waals surface area (Å²) in [6, 6.07) is 20.2. The van der Waals surface area contributed by atoms with E-state index in [2.05, 4.69) is 20.6 Å². The van der Waals surface area contributed by atoms with E-state index < -0.39 is 29.9 Å². The first kappa shape index (κ1) is 40.0. The van der Waals surface area contributed by atoms with Crippen molar-refractivity contribution in [1.82, 2.24) is 24.9 Å². The van der Waals surface area contributed by atoms with Crippen molar-refractivity contribution in [3.63, 3.8) is 0 Å². The van der Waals surface area contributed by atoms with Gasteiger partial charge in [-0.05, 0) is 82.6 Å². The van der Waals surface area contributed by atoms with Gasteiger partial charge >= 0.3 is 18.2 Å². The Balaban J connectivity index is 1.30. The molecule has 1 atom stereocenters. The molecular formula is C40H47F3N6O5. The number of alkyl carbamates (subject to hydrolysis) is 1. The Morgan fingerprint density at radius 3 is 2.33 bits per heavy atom. The molecule has 2 aromatic heterocycles. The van der Waals surface area contributed by atoms with E-state index >= 15 is 0 Å². The third kappa shape index (κ3) is 10.9. The lowest BCUT2D eigenvalue weighted by molar-refractivity contribution is -0.227.